The summed E-state index contributed by atoms with van der Waals surface area (Å²) < 4.78 is 0. The number of carbonyl (C=O) groups excluding carboxylic acids is 2. The Hall–Kier alpha value is -2.41. The minimum Gasteiger partial charge on any atom is -0.479 e. The lowest BCUT2D eigenvalue weighted by Gasteiger charge is -2.20. The van der Waals surface area contributed by atoms with E-state index in [1.807, 2.05) is 32.0 Å². The molecule has 7 nitrogen and oxygen atoms in total. The minimum atomic E-state index is -2.06. The van der Waals surface area contributed by atoms with Gasteiger partial charge in [-0.25, -0.2) is 4.79 Å². The van der Waals surface area contributed by atoms with Gasteiger partial charge >= 0.3 is 5.97 Å². The molecule has 2 rings (SSSR count). The highest BCUT2D eigenvalue weighted by molar-refractivity contribution is 6.09. The third-order valence-electron chi connectivity index (χ3n) is 4.11. The number of nitrogens with one attached hydrogen (secondary N) is 1. The first kappa shape index (κ1) is 17.9. The summed E-state index contributed by atoms with van der Waals surface area (Å²) in [7, 11) is 0. The van der Waals surface area contributed by atoms with Crippen molar-refractivity contribution in [3.63, 3.8) is 0 Å². The molecule has 0 spiro atoms. The molecule has 7 heteroatoms. The molecule has 1 heterocycles. The first-order valence-electron chi connectivity index (χ1n) is 7.75. The van der Waals surface area contributed by atoms with Crippen LogP contribution >= 0.6 is 0 Å². The lowest BCUT2D eigenvalue weighted by molar-refractivity contribution is -0.156. The Morgan fingerprint density at radius 3 is 2.42 bits per heavy atom. The van der Waals surface area contributed by atoms with Crippen molar-refractivity contribution in [2.24, 2.45) is 5.92 Å². The van der Waals surface area contributed by atoms with Gasteiger partial charge in [-0.05, 0) is 50.5 Å². The third kappa shape index (κ3) is 3.73. The predicted molar refractivity (Wildman–Crippen MR) is 87.6 cm³/mol. The summed E-state index contributed by atoms with van der Waals surface area (Å²) in [6.45, 7) is 4.95. The van der Waals surface area contributed by atoms with E-state index >= 15 is 0 Å². The van der Waals surface area contributed by atoms with Crippen LogP contribution in [0.1, 0.15) is 24.5 Å². The molecule has 0 bridgehead atoms. The van der Waals surface area contributed by atoms with E-state index in [4.69, 9.17) is 5.11 Å². The molecular formula is C17H22N2O5. The quantitative estimate of drug-likeness (QED) is 0.684. The van der Waals surface area contributed by atoms with Gasteiger partial charge in [-0.1, -0.05) is 6.07 Å². The number of hydrogen-bond acceptors (Lipinski definition) is 4. The Balaban J connectivity index is 2.05. The van der Waals surface area contributed by atoms with Crippen LogP contribution in [0.5, 0.6) is 0 Å². The van der Waals surface area contributed by atoms with Gasteiger partial charge in [-0.2, -0.15) is 0 Å². The van der Waals surface area contributed by atoms with Crippen LogP contribution in [0.3, 0.4) is 0 Å². The standard InChI is InChI=1S/C17H22N2O5/c1-10-6-11(2)8-12(7-10)19-5-4-13(15(19)21)14(20)18-9-17(3,24)16(22)23/h6-8,13,24H,4-5,9H2,1-3H3,(H,18,20)(H,22,23). The van der Waals surface area contributed by atoms with Crippen LogP contribution in [0.4, 0.5) is 5.69 Å². The van der Waals surface area contributed by atoms with Crippen molar-refractivity contribution in [1.82, 2.24) is 5.32 Å². The number of hydrogen-bond donors (Lipinski definition) is 3. The lowest BCUT2D eigenvalue weighted by Crippen LogP contribution is -2.48. The fourth-order valence-corrected chi connectivity index (χ4v) is 2.74. The van der Waals surface area contributed by atoms with Crippen molar-refractivity contribution < 1.29 is 24.6 Å². The molecule has 1 saturated heterocycles. The number of carbonyl (C=O) groups is 3. The van der Waals surface area contributed by atoms with E-state index < -0.39 is 29.9 Å². The molecule has 0 aromatic heterocycles. The average molecular weight is 334 g/mol. The minimum absolute atomic E-state index is 0.313. The topological polar surface area (TPSA) is 107 Å². The van der Waals surface area contributed by atoms with Crippen molar-refractivity contribution in [3.05, 3.63) is 29.3 Å². The maximum atomic E-state index is 12.5. The Labute approximate surface area is 140 Å². The number of anilines is 1. The summed E-state index contributed by atoms with van der Waals surface area (Å²) in [6, 6.07) is 5.78. The van der Waals surface area contributed by atoms with Crippen LogP contribution in [0.15, 0.2) is 18.2 Å². The fourth-order valence-electron chi connectivity index (χ4n) is 2.74. The zero-order valence-electron chi connectivity index (χ0n) is 14.0. The van der Waals surface area contributed by atoms with E-state index in [9.17, 15) is 19.5 Å². The number of nitrogens with zero attached hydrogens (tertiary/aromatic N) is 1. The summed E-state index contributed by atoms with van der Waals surface area (Å²) in [5.41, 5.74) is 0.752. The van der Waals surface area contributed by atoms with E-state index in [1.54, 1.807) is 4.90 Å². The lowest BCUT2D eigenvalue weighted by atomic mass is 10.1. The summed E-state index contributed by atoms with van der Waals surface area (Å²) >= 11 is 0. The Morgan fingerprint density at radius 2 is 1.88 bits per heavy atom. The van der Waals surface area contributed by atoms with Crippen molar-refractivity contribution in [2.75, 3.05) is 18.0 Å². The van der Waals surface area contributed by atoms with Crippen LogP contribution in [-0.2, 0) is 14.4 Å². The first-order valence-corrected chi connectivity index (χ1v) is 7.75. The summed E-state index contributed by atoms with van der Waals surface area (Å²) in [5.74, 6) is -3.17. The molecule has 1 aromatic carbocycles. The molecule has 1 aliphatic heterocycles. The molecule has 1 fully saturated rings. The third-order valence-corrected chi connectivity index (χ3v) is 4.11. The summed E-state index contributed by atoms with van der Waals surface area (Å²) in [4.78, 5) is 37.1. The average Bonchev–Trinajstić information content (AvgIpc) is 2.85. The highest BCUT2D eigenvalue weighted by Gasteiger charge is 2.39. The molecule has 0 aliphatic carbocycles. The van der Waals surface area contributed by atoms with Crippen molar-refractivity contribution in [3.8, 4) is 0 Å². The van der Waals surface area contributed by atoms with E-state index in [1.165, 1.54) is 0 Å². The Bertz CT molecular complexity index is 663. The fraction of sp³-hybridized carbons (Fsp3) is 0.471. The first-order chi connectivity index (χ1) is 11.1. The Kier molecular flexibility index (Phi) is 4.94. The summed E-state index contributed by atoms with van der Waals surface area (Å²) in [5, 5.41) is 20.8. The van der Waals surface area contributed by atoms with Gasteiger partial charge in [0.05, 0.1) is 6.54 Å². The molecule has 24 heavy (non-hydrogen) atoms. The second-order valence-electron chi connectivity index (χ2n) is 6.47. The van der Waals surface area contributed by atoms with E-state index in [2.05, 4.69) is 5.32 Å². The highest BCUT2D eigenvalue weighted by atomic mass is 16.4. The number of carboxylic acid groups (broad SMARTS) is 1. The number of benzene rings is 1. The highest BCUT2D eigenvalue weighted by Crippen LogP contribution is 2.27. The number of rotatable bonds is 5. The predicted octanol–water partition coefficient (Wildman–Crippen LogP) is 0.608. The number of carboxylic acids is 1. The number of aliphatic carboxylic acids is 1. The van der Waals surface area contributed by atoms with Gasteiger partial charge in [-0.3, -0.25) is 9.59 Å². The maximum absolute atomic E-state index is 12.5. The van der Waals surface area contributed by atoms with Crippen LogP contribution in [0, 0.1) is 19.8 Å². The molecule has 2 atom stereocenters. The molecule has 1 aliphatic rings. The van der Waals surface area contributed by atoms with Crippen molar-refractivity contribution >= 4 is 23.5 Å². The van der Waals surface area contributed by atoms with Crippen LogP contribution in [-0.4, -0.2) is 46.7 Å². The molecule has 130 valence electrons. The zero-order valence-corrected chi connectivity index (χ0v) is 14.0. The van der Waals surface area contributed by atoms with Gasteiger partial charge in [0.1, 0.15) is 5.92 Å². The second kappa shape index (κ2) is 6.60. The molecule has 0 saturated carbocycles. The number of amides is 2. The Morgan fingerprint density at radius 1 is 1.29 bits per heavy atom. The van der Waals surface area contributed by atoms with Crippen molar-refractivity contribution in [1.29, 1.82) is 0 Å². The van der Waals surface area contributed by atoms with Gasteiger partial charge in [0, 0.05) is 12.2 Å². The summed E-state index contributed by atoms with van der Waals surface area (Å²) in [6.07, 6.45) is 0.354. The van der Waals surface area contributed by atoms with E-state index in [0.29, 0.717) is 13.0 Å². The van der Waals surface area contributed by atoms with Gasteiger partial charge in [-0.15, -0.1) is 0 Å². The SMILES string of the molecule is Cc1cc(C)cc(N2CCC(C(=O)NCC(C)(O)C(=O)O)C2=O)c1. The molecule has 1 aromatic rings. The number of aryl methyl sites for hydroxylation is 2. The van der Waals surface area contributed by atoms with E-state index in [0.717, 1.165) is 23.7 Å². The molecular weight excluding hydrogens is 312 g/mol. The zero-order chi connectivity index (χ0) is 18.1. The van der Waals surface area contributed by atoms with E-state index in [-0.39, 0.29) is 5.91 Å². The monoisotopic (exact) mass is 334 g/mol. The van der Waals surface area contributed by atoms with Crippen molar-refractivity contribution in [2.45, 2.75) is 32.8 Å². The molecule has 0 radical (unpaired) electrons. The smallest absolute Gasteiger partial charge is 0.337 e. The second-order valence-corrected chi connectivity index (χ2v) is 6.47. The largest absolute Gasteiger partial charge is 0.479 e. The van der Waals surface area contributed by atoms with Gasteiger partial charge < -0.3 is 20.4 Å². The molecule has 2 amide bonds. The normalized spacial score (nSPS) is 19.9. The van der Waals surface area contributed by atoms with Crippen LogP contribution in [0.2, 0.25) is 0 Å². The molecule has 2 unspecified atom stereocenters. The van der Waals surface area contributed by atoms with Crippen LogP contribution in [0.25, 0.3) is 0 Å². The van der Waals surface area contributed by atoms with Crippen LogP contribution < -0.4 is 10.2 Å². The molecule has 3 N–H and O–H groups in total. The van der Waals surface area contributed by atoms with Gasteiger partial charge in [0.25, 0.3) is 0 Å². The van der Waals surface area contributed by atoms with Gasteiger partial charge in [0.15, 0.2) is 5.60 Å². The van der Waals surface area contributed by atoms with Gasteiger partial charge in [0.2, 0.25) is 11.8 Å². The maximum Gasteiger partial charge on any atom is 0.337 e. The number of aliphatic hydroxyl groups is 1.